The van der Waals surface area contributed by atoms with E-state index >= 15 is 0 Å². The number of esters is 1. The van der Waals surface area contributed by atoms with Gasteiger partial charge in [-0.25, -0.2) is 9.59 Å². The van der Waals surface area contributed by atoms with Crippen LogP contribution in [0, 0.1) is 0 Å². The van der Waals surface area contributed by atoms with Crippen LogP contribution in [0.15, 0.2) is 64.3 Å². The van der Waals surface area contributed by atoms with Crippen molar-refractivity contribution < 1.29 is 23.4 Å². The number of hydrogen-bond donors (Lipinski definition) is 0. The summed E-state index contributed by atoms with van der Waals surface area (Å²) in [6, 6.07) is 13.8. The highest BCUT2D eigenvalue weighted by molar-refractivity contribution is 5.84. The molecule has 45 heavy (non-hydrogen) atoms. The minimum absolute atomic E-state index is 0.336. The van der Waals surface area contributed by atoms with Crippen LogP contribution in [0.2, 0.25) is 0 Å². The average molecular weight is 619 g/mol. The van der Waals surface area contributed by atoms with Gasteiger partial charge in [0.1, 0.15) is 17.1 Å². The van der Waals surface area contributed by atoms with Crippen molar-refractivity contribution in [3.8, 4) is 22.6 Å². The SMILES string of the molecule is C=CC(=O)OCCCCCCCCCCCCOc1ccc2cc(-c3ccc(C(CC)CCCCC)cc3OC)c(=O)oc2c1. The van der Waals surface area contributed by atoms with E-state index in [9.17, 15) is 9.59 Å². The van der Waals surface area contributed by atoms with E-state index in [1.807, 2.05) is 30.3 Å². The quantitative estimate of drug-likeness (QED) is 0.0455. The number of benzene rings is 2. The van der Waals surface area contributed by atoms with Crippen LogP contribution in [-0.4, -0.2) is 26.3 Å². The highest BCUT2D eigenvalue weighted by Gasteiger charge is 2.17. The first-order valence-electron chi connectivity index (χ1n) is 17.2. The fraction of sp³-hybridized carbons (Fsp3) is 0.538. The lowest BCUT2D eigenvalue weighted by Crippen LogP contribution is -2.05. The van der Waals surface area contributed by atoms with E-state index in [1.165, 1.54) is 69.4 Å². The zero-order chi connectivity index (χ0) is 32.3. The molecule has 0 N–H and O–H groups in total. The second-order valence-corrected chi connectivity index (χ2v) is 12.0. The number of rotatable bonds is 23. The Bertz CT molecular complexity index is 1370. The number of fused-ring (bicyclic) bond motifs is 1. The van der Waals surface area contributed by atoms with Gasteiger partial charge in [0.05, 0.1) is 25.9 Å². The first-order valence-corrected chi connectivity index (χ1v) is 17.2. The molecule has 0 fully saturated rings. The summed E-state index contributed by atoms with van der Waals surface area (Å²) in [4.78, 5) is 24.1. The van der Waals surface area contributed by atoms with Crippen LogP contribution < -0.4 is 15.1 Å². The van der Waals surface area contributed by atoms with Crippen LogP contribution in [0.3, 0.4) is 0 Å². The molecule has 6 heteroatoms. The number of ether oxygens (including phenoxy) is 3. The van der Waals surface area contributed by atoms with Crippen LogP contribution >= 0.6 is 0 Å². The van der Waals surface area contributed by atoms with Crippen LogP contribution in [0.25, 0.3) is 22.1 Å². The Morgan fingerprint density at radius 2 is 1.51 bits per heavy atom. The second kappa shape index (κ2) is 20.5. The van der Waals surface area contributed by atoms with Crippen LogP contribution in [-0.2, 0) is 9.53 Å². The predicted molar refractivity (Wildman–Crippen MR) is 184 cm³/mol. The van der Waals surface area contributed by atoms with Crippen molar-refractivity contribution in [2.75, 3.05) is 20.3 Å². The van der Waals surface area contributed by atoms with Crippen molar-refractivity contribution in [1.82, 2.24) is 0 Å². The Morgan fingerprint density at radius 3 is 2.16 bits per heavy atom. The minimum atomic E-state index is -0.380. The van der Waals surface area contributed by atoms with Crippen molar-refractivity contribution in [3.05, 3.63) is 71.1 Å². The molecule has 6 nitrogen and oxygen atoms in total. The summed E-state index contributed by atoms with van der Waals surface area (Å²) < 4.78 is 22.5. The van der Waals surface area contributed by atoms with Gasteiger partial charge in [-0.1, -0.05) is 103 Å². The van der Waals surface area contributed by atoms with E-state index in [0.717, 1.165) is 49.5 Å². The molecule has 1 heterocycles. The molecule has 0 saturated heterocycles. The van der Waals surface area contributed by atoms with Crippen molar-refractivity contribution in [2.24, 2.45) is 0 Å². The molecule has 0 bridgehead atoms. The van der Waals surface area contributed by atoms with E-state index in [1.54, 1.807) is 7.11 Å². The molecule has 0 aliphatic carbocycles. The molecule has 0 amide bonds. The average Bonchev–Trinajstić information content (AvgIpc) is 3.06. The normalized spacial score (nSPS) is 11.8. The van der Waals surface area contributed by atoms with Crippen molar-refractivity contribution >= 4 is 16.9 Å². The lowest BCUT2D eigenvalue weighted by atomic mass is 9.89. The molecule has 0 saturated carbocycles. The fourth-order valence-electron chi connectivity index (χ4n) is 5.84. The molecular formula is C39H54O6. The lowest BCUT2D eigenvalue weighted by Gasteiger charge is -2.18. The Hall–Kier alpha value is -3.54. The van der Waals surface area contributed by atoms with Gasteiger partial charge < -0.3 is 18.6 Å². The third-order valence-corrected chi connectivity index (χ3v) is 8.56. The molecule has 0 radical (unpaired) electrons. The van der Waals surface area contributed by atoms with Crippen molar-refractivity contribution in [2.45, 2.75) is 116 Å². The van der Waals surface area contributed by atoms with E-state index < -0.39 is 0 Å². The van der Waals surface area contributed by atoms with Crippen molar-refractivity contribution in [1.29, 1.82) is 0 Å². The summed E-state index contributed by atoms with van der Waals surface area (Å²) in [6.45, 7) is 9.00. The molecular weight excluding hydrogens is 564 g/mol. The molecule has 1 aromatic heterocycles. The summed E-state index contributed by atoms with van der Waals surface area (Å²) in [5.41, 5.74) is 2.66. The van der Waals surface area contributed by atoms with Gasteiger partial charge in [0.25, 0.3) is 0 Å². The Labute approximate surface area is 270 Å². The van der Waals surface area contributed by atoms with E-state index in [4.69, 9.17) is 18.6 Å². The predicted octanol–water partition coefficient (Wildman–Crippen LogP) is 10.6. The zero-order valence-corrected chi connectivity index (χ0v) is 27.9. The first-order chi connectivity index (χ1) is 22.0. The smallest absolute Gasteiger partial charge is 0.344 e. The minimum Gasteiger partial charge on any atom is -0.496 e. The monoisotopic (exact) mass is 618 g/mol. The molecule has 2 aromatic carbocycles. The standard InChI is InChI=1S/C39H54O6/c1-5-8-17-20-30(6-2)31-22-24-34(37(28-31)42-4)35-27-32-21-23-33(29-36(32)45-39(35)41)43-25-18-15-13-11-9-10-12-14-16-19-26-44-38(40)7-3/h7,21-24,27-30H,3,5-6,8-20,25-26H2,1-2,4H3. The van der Waals surface area contributed by atoms with Crippen LogP contribution in [0.5, 0.6) is 11.5 Å². The maximum absolute atomic E-state index is 13.1. The topological polar surface area (TPSA) is 75.0 Å². The third-order valence-electron chi connectivity index (χ3n) is 8.56. The largest absolute Gasteiger partial charge is 0.496 e. The lowest BCUT2D eigenvalue weighted by molar-refractivity contribution is -0.137. The summed E-state index contributed by atoms with van der Waals surface area (Å²) in [7, 11) is 1.66. The number of carbonyl (C=O) groups excluding carboxylic acids is 1. The van der Waals surface area contributed by atoms with E-state index in [-0.39, 0.29) is 11.6 Å². The maximum Gasteiger partial charge on any atom is 0.344 e. The van der Waals surface area contributed by atoms with Gasteiger partial charge in [0, 0.05) is 23.1 Å². The summed E-state index contributed by atoms with van der Waals surface area (Å²) >= 11 is 0. The molecule has 246 valence electrons. The van der Waals surface area contributed by atoms with Gasteiger partial charge >= 0.3 is 11.6 Å². The van der Waals surface area contributed by atoms with Gasteiger partial charge in [-0.05, 0) is 61.4 Å². The number of carbonyl (C=O) groups is 1. The van der Waals surface area contributed by atoms with Crippen LogP contribution in [0.1, 0.15) is 122 Å². The van der Waals surface area contributed by atoms with E-state index in [2.05, 4.69) is 32.6 Å². The Balaban J connectivity index is 1.43. The number of unbranched alkanes of at least 4 members (excludes halogenated alkanes) is 11. The molecule has 3 rings (SSSR count). The number of methoxy groups -OCH3 is 1. The van der Waals surface area contributed by atoms with Gasteiger partial charge in [0.2, 0.25) is 0 Å². The molecule has 0 aliphatic heterocycles. The third kappa shape index (κ3) is 12.1. The maximum atomic E-state index is 13.1. The van der Waals surface area contributed by atoms with E-state index in [0.29, 0.717) is 41.8 Å². The summed E-state index contributed by atoms with van der Waals surface area (Å²) in [6.07, 6.45) is 18.7. The van der Waals surface area contributed by atoms with Crippen LogP contribution in [0.4, 0.5) is 0 Å². The van der Waals surface area contributed by atoms with Gasteiger partial charge in [0.15, 0.2) is 0 Å². The summed E-state index contributed by atoms with van der Waals surface area (Å²) in [5.74, 6) is 1.57. The van der Waals surface area contributed by atoms with Gasteiger partial charge in [-0.3, -0.25) is 0 Å². The highest BCUT2D eigenvalue weighted by atomic mass is 16.5. The molecule has 3 aromatic rings. The number of hydrogen-bond acceptors (Lipinski definition) is 6. The fourth-order valence-corrected chi connectivity index (χ4v) is 5.84. The Morgan fingerprint density at radius 1 is 0.822 bits per heavy atom. The molecule has 1 atom stereocenters. The zero-order valence-electron chi connectivity index (χ0n) is 27.9. The first kappa shape index (κ1) is 35.9. The highest BCUT2D eigenvalue weighted by Crippen LogP contribution is 2.35. The Kier molecular flexibility index (Phi) is 16.4. The molecule has 0 aliphatic rings. The molecule has 1 unspecified atom stereocenters. The second-order valence-electron chi connectivity index (χ2n) is 12.0. The van der Waals surface area contributed by atoms with Gasteiger partial charge in [-0.15, -0.1) is 0 Å². The summed E-state index contributed by atoms with van der Waals surface area (Å²) in [5, 5.41) is 0.852. The van der Waals surface area contributed by atoms with Crippen molar-refractivity contribution in [3.63, 3.8) is 0 Å². The van der Waals surface area contributed by atoms with Gasteiger partial charge in [-0.2, -0.15) is 0 Å². The molecule has 0 spiro atoms.